The molecule has 10 nitrogen and oxygen atoms in total. The summed E-state index contributed by atoms with van der Waals surface area (Å²) in [7, 11) is 0. The van der Waals surface area contributed by atoms with Crippen molar-refractivity contribution in [2.75, 3.05) is 5.32 Å². The molecule has 0 aliphatic heterocycles. The van der Waals surface area contributed by atoms with Crippen LogP contribution in [0.3, 0.4) is 0 Å². The molecule has 0 aliphatic rings. The first kappa shape index (κ1) is 18.9. The molecular weight excluding hydrogens is 390 g/mol. The van der Waals surface area contributed by atoms with Crippen molar-refractivity contribution in [3.05, 3.63) is 88.6 Å². The molecule has 0 spiro atoms. The lowest BCUT2D eigenvalue weighted by Crippen LogP contribution is -2.34. The summed E-state index contributed by atoms with van der Waals surface area (Å²) in [6.45, 7) is 3.76. The molecule has 0 amide bonds. The van der Waals surface area contributed by atoms with Crippen LogP contribution in [0.2, 0.25) is 5.02 Å². The van der Waals surface area contributed by atoms with E-state index in [1.54, 1.807) is 24.3 Å². The molecule has 0 aliphatic carbocycles. The van der Waals surface area contributed by atoms with Gasteiger partial charge in [0, 0.05) is 23.4 Å². The second kappa shape index (κ2) is 7.37. The van der Waals surface area contributed by atoms with E-state index in [2.05, 4.69) is 17.0 Å². The molecule has 11 heteroatoms. The van der Waals surface area contributed by atoms with Crippen LogP contribution >= 0.6 is 11.6 Å². The van der Waals surface area contributed by atoms with Crippen molar-refractivity contribution in [1.82, 2.24) is 9.78 Å². The number of aromatic amines is 1. The number of hydrogen-bond donors (Lipinski definition) is 2. The van der Waals surface area contributed by atoms with E-state index in [-0.39, 0.29) is 16.3 Å². The van der Waals surface area contributed by atoms with Gasteiger partial charge in [0.2, 0.25) is 0 Å². The Labute approximate surface area is 161 Å². The summed E-state index contributed by atoms with van der Waals surface area (Å²) < 4.78 is 1.25. The van der Waals surface area contributed by atoms with E-state index in [1.165, 1.54) is 10.9 Å². The standard InChI is InChI=1S/C17H12ClN5O5/c1-10-16(17(24)21(20-10)13-4-2-11(18)3-5-13)9-19-12-6-14(22(25)26)8-15(7-12)23(27)28/h2-9,19-20H,1H2/b16-9-. The Bertz CT molecular complexity index is 1210. The van der Waals surface area contributed by atoms with Crippen LogP contribution in [-0.2, 0) is 0 Å². The molecule has 1 heterocycles. The maximum absolute atomic E-state index is 12.6. The Hall–Kier alpha value is -3.92. The average molecular weight is 402 g/mol. The van der Waals surface area contributed by atoms with E-state index < -0.39 is 26.8 Å². The van der Waals surface area contributed by atoms with Gasteiger partial charge in [-0.05, 0) is 24.3 Å². The zero-order chi connectivity index (χ0) is 20.4. The van der Waals surface area contributed by atoms with Gasteiger partial charge in [-0.15, -0.1) is 0 Å². The molecule has 0 unspecified atom stereocenters. The maximum atomic E-state index is 12.6. The predicted octanol–water partition coefficient (Wildman–Crippen LogP) is 1.90. The summed E-state index contributed by atoms with van der Waals surface area (Å²) in [6, 6.07) is 9.62. The zero-order valence-corrected chi connectivity index (χ0v) is 14.8. The summed E-state index contributed by atoms with van der Waals surface area (Å²) in [5, 5.41) is 28.4. The number of nitro benzene ring substituents is 2. The second-order valence-corrected chi connectivity index (χ2v) is 6.10. The van der Waals surface area contributed by atoms with Crippen molar-refractivity contribution < 1.29 is 9.85 Å². The maximum Gasteiger partial charge on any atom is 0.280 e. The Morgan fingerprint density at radius 2 is 1.64 bits per heavy atom. The molecule has 3 aromatic rings. The highest BCUT2D eigenvalue weighted by molar-refractivity contribution is 6.30. The third kappa shape index (κ3) is 3.76. The first-order valence-electron chi connectivity index (χ1n) is 7.73. The summed E-state index contributed by atoms with van der Waals surface area (Å²) in [4.78, 5) is 33.1. The molecule has 1 aromatic heterocycles. The molecule has 2 N–H and O–H groups in total. The van der Waals surface area contributed by atoms with E-state index in [4.69, 9.17) is 11.6 Å². The average Bonchev–Trinajstić information content (AvgIpc) is 2.94. The van der Waals surface area contributed by atoms with Crippen LogP contribution in [0, 0.1) is 20.2 Å². The molecule has 0 saturated carbocycles. The smallest absolute Gasteiger partial charge is 0.280 e. The fraction of sp³-hybridized carbons (Fsp3) is 0. The number of benzene rings is 2. The summed E-state index contributed by atoms with van der Waals surface area (Å²) in [5.74, 6) is 0. The third-order valence-corrected chi connectivity index (χ3v) is 4.05. The van der Waals surface area contributed by atoms with Crippen molar-refractivity contribution >= 4 is 41.4 Å². The van der Waals surface area contributed by atoms with Crippen molar-refractivity contribution in [3.63, 3.8) is 0 Å². The lowest BCUT2D eigenvalue weighted by molar-refractivity contribution is -0.394. The number of anilines is 1. The monoisotopic (exact) mass is 401 g/mol. The summed E-state index contributed by atoms with van der Waals surface area (Å²) in [6.07, 6.45) is 1.27. The minimum Gasteiger partial charge on any atom is -0.360 e. The first-order valence-corrected chi connectivity index (χ1v) is 8.10. The fourth-order valence-corrected chi connectivity index (χ4v) is 2.59. The van der Waals surface area contributed by atoms with Crippen LogP contribution in [0.15, 0.2) is 47.3 Å². The molecular formula is C17H12ClN5O5. The summed E-state index contributed by atoms with van der Waals surface area (Å²) in [5.41, 5.74) is -0.719. The second-order valence-electron chi connectivity index (χ2n) is 5.66. The first-order chi connectivity index (χ1) is 13.3. The highest BCUT2D eigenvalue weighted by Gasteiger charge is 2.16. The minimum atomic E-state index is -0.741. The fourth-order valence-electron chi connectivity index (χ4n) is 2.46. The summed E-state index contributed by atoms with van der Waals surface area (Å²) >= 11 is 5.84. The number of nitrogens with zero attached hydrogens (tertiary/aromatic N) is 3. The minimum absolute atomic E-state index is 0.0824. The zero-order valence-electron chi connectivity index (χ0n) is 14.1. The molecule has 0 bridgehead atoms. The highest BCUT2D eigenvalue weighted by Crippen LogP contribution is 2.25. The largest absolute Gasteiger partial charge is 0.360 e. The Kier molecular flexibility index (Phi) is 4.96. The van der Waals surface area contributed by atoms with Crippen molar-refractivity contribution in [2.45, 2.75) is 0 Å². The van der Waals surface area contributed by atoms with E-state index in [0.29, 0.717) is 10.7 Å². The lowest BCUT2D eigenvalue weighted by Gasteiger charge is -2.01. The van der Waals surface area contributed by atoms with Gasteiger partial charge < -0.3 is 5.32 Å². The van der Waals surface area contributed by atoms with Crippen LogP contribution < -0.4 is 21.4 Å². The molecule has 28 heavy (non-hydrogen) atoms. The predicted molar refractivity (Wildman–Crippen MR) is 104 cm³/mol. The van der Waals surface area contributed by atoms with Gasteiger partial charge in [0.1, 0.15) is 0 Å². The number of H-pyrrole nitrogens is 1. The topological polar surface area (TPSA) is 136 Å². The highest BCUT2D eigenvalue weighted by atomic mass is 35.5. The van der Waals surface area contributed by atoms with E-state index in [9.17, 15) is 25.0 Å². The van der Waals surface area contributed by atoms with Gasteiger partial charge in [0.05, 0.1) is 37.9 Å². The SMILES string of the molecule is C=c1[nH]n(-c2ccc(Cl)cc2)c(=O)/c1=C\Nc1cc([N+](=O)[O-])cc([N+](=O)[O-])c1. The van der Waals surface area contributed by atoms with Gasteiger partial charge in [-0.2, -0.15) is 0 Å². The van der Waals surface area contributed by atoms with Crippen LogP contribution in [0.4, 0.5) is 17.1 Å². The van der Waals surface area contributed by atoms with E-state index in [0.717, 1.165) is 18.2 Å². The normalized spacial score (nSPS) is 11.4. The molecule has 0 fully saturated rings. The van der Waals surface area contributed by atoms with Crippen LogP contribution in [-0.4, -0.2) is 19.6 Å². The van der Waals surface area contributed by atoms with Gasteiger partial charge in [-0.25, -0.2) is 4.68 Å². The van der Waals surface area contributed by atoms with Gasteiger partial charge in [-0.1, -0.05) is 18.2 Å². The molecule has 0 atom stereocenters. The van der Waals surface area contributed by atoms with Gasteiger partial charge in [0.25, 0.3) is 16.9 Å². The number of non-ortho nitro benzene ring substituents is 2. The number of aromatic nitrogens is 2. The number of halogens is 1. The molecule has 3 rings (SSSR count). The van der Waals surface area contributed by atoms with Crippen molar-refractivity contribution in [1.29, 1.82) is 0 Å². The van der Waals surface area contributed by atoms with Crippen molar-refractivity contribution in [2.24, 2.45) is 0 Å². The van der Waals surface area contributed by atoms with Gasteiger partial charge >= 0.3 is 0 Å². The third-order valence-electron chi connectivity index (χ3n) is 3.80. The number of rotatable bonds is 5. The molecule has 0 saturated heterocycles. The number of nitrogens with one attached hydrogen (secondary N) is 2. The molecule has 0 radical (unpaired) electrons. The van der Waals surface area contributed by atoms with Crippen LogP contribution in [0.5, 0.6) is 0 Å². The molecule has 142 valence electrons. The van der Waals surface area contributed by atoms with Gasteiger partial charge in [0.15, 0.2) is 0 Å². The Morgan fingerprint density at radius 3 is 2.18 bits per heavy atom. The van der Waals surface area contributed by atoms with E-state index >= 15 is 0 Å². The van der Waals surface area contributed by atoms with Crippen LogP contribution in [0.25, 0.3) is 18.5 Å². The lowest BCUT2D eigenvalue weighted by atomic mass is 10.2. The number of hydrogen-bond acceptors (Lipinski definition) is 6. The Morgan fingerprint density at radius 1 is 1.07 bits per heavy atom. The number of nitro groups is 2. The van der Waals surface area contributed by atoms with Crippen molar-refractivity contribution in [3.8, 4) is 5.69 Å². The molecule has 2 aromatic carbocycles. The Balaban J connectivity index is 2.03. The van der Waals surface area contributed by atoms with Crippen LogP contribution in [0.1, 0.15) is 0 Å². The quantitative estimate of drug-likeness (QED) is 0.495. The van der Waals surface area contributed by atoms with Gasteiger partial charge in [-0.3, -0.25) is 30.1 Å². The van der Waals surface area contributed by atoms with E-state index in [1.807, 2.05) is 0 Å².